The molecule has 0 aliphatic heterocycles. The van der Waals surface area contributed by atoms with Crippen molar-refractivity contribution in [3.63, 3.8) is 0 Å². The standard InChI is InChI=1S/C36H37N5O7S/c1-36(2,3)21-17-27(40-49(6)45)33(47-5)29(18-21)41(35(37)44)28-13-14-30(25-10-8-7-9-24(25)28)48-23-15-16-38-32(20-23)39-22-11-12-26(34(42)43)31(19-22)46-4/h7-20,40H,1-6H3,(H2,37,44)(H,38,39)(H,42,43). The lowest BCUT2D eigenvalue weighted by Crippen LogP contribution is -2.32. The summed E-state index contributed by atoms with van der Waals surface area (Å²) in [7, 11) is 1.46. The van der Waals surface area contributed by atoms with Crippen molar-refractivity contribution in [2.75, 3.05) is 35.4 Å². The molecule has 0 bridgehead atoms. The number of pyridine rings is 1. The number of hydrogen-bond acceptors (Lipinski definition) is 8. The molecule has 13 heteroatoms. The molecule has 12 nitrogen and oxygen atoms in total. The van der Waals surface area contributed by atoms with Crippen molar-refractivity contribution in [1.29, 1.82) is 0 Å². The van der Waals surface area contributed by atoms with E-state index in [2.05, 4.69) is 15.0 Å². The maximum atomic E-state index is 13.3. The normalized spacial score (nSPS) is 11.8. The van der Waals surface area contributed by atoms with Crippen LogP contribution in [0.25, 0.3) is 10.8 Å². The Hall–Kier alpha value is -5.82. The first kappa shape index (κ1) is 34.5. The van der Waals surface area contributed by atoms with E-state index in [0.717, 1.165) is 5.56 Å². The lowest BCUT2D eigenvalue weighted by Gasteiger charge is -2.29. The maximum absolute atomic E-state index is 13.3. The predicted octanol–water partition coefficient (Wildman–Crippen LogP) is 7.71. The number of carboxylic acids is 1. The minimum atomic E-state index is -1.42. The van der Waals surface area contributed by atoms with E-state index in [-0.39, 0.29) is 16.7 Å². The smallest absolute Gasteiger partial charge is 0.339 e. The van der Waals surface area contributed by atoms with Gasteiger partial charge < -0.3 is 35.1 Å². The number of carboxylic acid groups (broad SMARTS) is 1. The Morgan fingerprint density at radius 3 is 2.27 bits per heavy atom. The molecule has 254 valence electrons. The van der Waals surface area contributed by atoms with Gasteiger partial charge in [0.25, 0.3) is 0 Å². The number of aromatic nitrogens is 1. The Labute approximate surface area is 286 Å². The van der Waals surface area contributed by atoms with Gasteiger partial charge in [0, 0.05) is 41.0 Å². The predicted molar refractivity (Wildman–Crippen MR) is 193 cm³/mol. The van der Waals surface area contributed by atoms with Gasteiger partial charge in [0.1, 0.15) is 39.6 Å². The van der Waals surface area contributed by atoms with Crippen LogP contribution in [-0.2, 0) is 16.4 Å². The number of nitrogens with two attached hydrogens (primary N) is 1. The van der Waals surface area contributed by atoms with E-state index in [9.17, 15) is 18.9 Å². The summed E-state index contributed by atoms with van der Waals surface area (Å²) in [4.78, 5) is 30.5. The lowest BCUT2D eigenvalue weighted by atomic mass is 9.86. The minimum absolute atomic E-state index is 0.0400. The molecule has 5 rings (SSSR count). The second-order valence-corrected chi connectivity index (χ2v) is 13.1. The molecule has 0 aliphatic rings. The van der Waals surface area contributed by atoms with Crippen LogP contribution in [0.1, 0.15) is 36.7 Å². The van der Waals surface area contributed by atoms with Gasteiger partial charge in [0.05, 0.1) is 31.3 Å². The van der Waals surface area contributed by atoms with Crippen LogP contribution < -0.4 is 34.9 Å². The van der Waals surface area contributed by atoms with E-state index in [4.69, 9.17) is 19.9 Å². The largest absolute Gasteiger partial charge is 0.496 e. The molecule has 1 unspecified atom stereocenters. The third-order valence-electron chi connectivity index (χ3n) is 7.62. The van der Waals surface area contributed by atoms with Gasteiger partial charge in [0.2, 0.25) is 0 Å². The Morgan fingerprint density at radius 1 is 0.898 bits per heavy atom. The zero-order valence-corrected chi connectivity index (χ0v) is 28.7. The molecule has 0 spiro atoms. The summed E-state index contributed by atoms with van der Waals surface area (Å²) in [6, 6.07) is 21.9. The highest BCUT2D eigenvalue weighted by molar-refractivity contribution is 7.85. The number of nitrogens with one attached hydrogen (secondary N) is 2. The van der Waals surface area contributed by atoms with Gasteiger partial charge in [-0.25, -0.2) is 18.8 Å². The fourth-order valence-electron chi connectivity index (χ4n) is 5.33. The minimum Gasteiger partial charge on any atom is -0.496 e. The number of aromatic carboxylic acids is 1. The first-order valence-corrected chi connectivity index (χ1v) is 16.6. The first-order valence-electron chi connectivity index (χ1n) is 15.1. The van der Waals surface area contributed by atoms with Crippen LogP contribution in [0, 0.1) is 0 Å². The molecule has 1 atom stereocenters. The van der Waals surface area contributed by atoms with Crippen LogP contribution in [0.2, 0.25) is 0 Å². The van der Waals surface area contributed by atoms with Gasteiger partial charge in [-0.05, 0) is 53.4 Å². The lowest BCUT2D eigenvalue weighted by molar-refractivity contribution is 0.0693. The number of hydrogen-bond donors (Lipinski definition) is 4. The Kier molecular flexibility index (Phi) is 9.94. The second kappa shape index (κ2) is 14.1. The topological polar surface area (TPSA) is 165 Å². The molecule has 49 heavy (non-hydrogen) atoms. The van der Waals surface area contributed by atoms with Crippen molar-refractivity contribution in [1.82, 2.24) is 4.98 Å². The molecule has 0 radical (unpaired) electrons. The number of primary amides is 1. The van der Waals surface area contributed by atoms with E-state index in [1.54, 1.807) is 42.6 Å². The van der Waals surface area contributed by atoms with Crippen molar-refractivity contribution in [3.05, 3.63) is 96.2 Å². The van der Waals surface area contributed by atoms with Gasteiger partial charge in [-0.1, -0.05) is 45.0 Å². The number of fused-ring (bicyclic) bond motifs is 1. The van der Waals surface area contributed by atoms with Gasteiger partial charge in [-0.2, -0.15) is 0 Å². The second-order valence-electron chi connectivity index (χ2n) is 12.0. The molecule has 0 saturated carbocycles. The van der Waals surface area contributed by atoms with Crippen LogP contribution in [-0.4, -0.2) is 46.8 Å². The molecule has 1 aromatic heterocycles. The molecular weight excluding hydrogens is 646 g/mol. The highest BCUT2D eigenvalue weighted by atomic mass is 32.2. The first-order chi connectivity index (χ1) is 23.3. The summed E-state index contributed by atoms with van der Waals surface area (Å²) in [5.41, 5.74) is 8.55. The summed E-state index contributed by atoms with van der Waals surface area (Å²) in [6.45, 7) is 6.11. The van der Waals surface area contributed by atoms with Gasteiger partial charge >= 0.3 is 12.0 Å². The van der Waals surface area contributed by atoms with Crippen LogP contribution in [0.5, 0.6) is 23.0 Å². The molecule has 0 aliphatic carbocycles. The van der Waals surface area contributed by atoms with E-state index in [0.29, 0.717) is 56.6 Å². The van der Waals surface area contributed by atoms with Crippen molar-refractivity contribution < 1.29 is 33.1 Å². The zero-order chi connectivity index (χ0) is 35.5. The number of anilines is 5. The Bertz CT molecular complexity index is 2080. The molecule has 0 fully saturated rings. The fraction of sp³-hybridized carbons (Fsp3) is 0.194. The highest BCUT2D eigenvalue weighted by Gasteiger charge is 2.28. The van der Waals surface area contributed by atoms with Crippen molar-refractivity contribution >= 4 is 62.3 Å². The fourth-order valence-corrected chi connectivity index (χ4v) is 5.79. The van der Waals surface area contributed by atoms with E-state index >= 15 is 0 Å². The van der Waals surface area contributed by atoms with Gasteiger partial charge in [0.15, 0.2) is 5.75 Å². The van der Waals surface area contributed by atoms with Crippen molar-refractivity contribution in [2.24, 2.45) is 5.73 Å². The highest BCUT2D eigenvalue weighted by Crippen LogP contribution is 2.46. The molecule has 5 N–H and O–H groups in total. The van der Waals surface area contributed by atoms with Crippen LogP contribution in [0.15, 0.2) is 85.1 Å². The maximum Gasteiger partial charge on any atom is 0.339 e. The van der Waals surface area contributed by atoms with Crippen molar-refractivity contribution in [3.8, 4) is 23.0 Å². The summed E-state index contributed by atoms with van der Waals surface area (Å²) < 4.78 is 32.6. The number of benzene rings is 4. The number of rotatable bonds is 11. The summed E-state index contributed by atoms with van der Waals surface area (Å²) >= 11 is 0. The third kappa shape index (κ3) is 7.52. The zero-order valence-electron chi connectivity index (χ0n) is 27.9. The Morgan fingerprint density at radius 2 is 1.63 bits per heavy atom. The Balaban J connectivity index is 1.55. The average molecular weight is 684 g/mol. The van der Waals surface area contributed by atoms with Gasteiger partial charge in [-0.3, -0.25) is 4.90 Å². The van der Waals surface area contributed by atoms with E-state index in [1.165, 1.54) is 31.4 Å². The van der Waals surface area contributed by atoms with E-state index < -0.39 is 23.0 Å². The number of amides is 2. The summed E-state index contributed by atoms with van der Waals surface area (Å²) in [5.74, 6) is 0.844. The quantitative estimate of drug-likeness (QED) is 0.109. The summed E-state index contributed by atoms with van der Waals surface area (Å²) in [6.07, 6.45) is 3.09. The van der Waals surface area contributed by atoms with Crippen LogP contribution in [0.4, 0.5) is 33.4 Å². The number of ether oxygens (including phenoxy) is 3. The SMILES string of the molecule is COc1cc(Nc2cc(Oc3ccc(N(C(N)=O)c4cc(C(C)(C)C)cc(NS(C)=O)c4OC)c4ccccc34)ccn2)ccc1C(=O)O. The number of methoxy groups -OCH3 is 2. The van der Waals surface area contributed by atoms with Crippen molar-refractivity contribution in [2.45, 2.75) is 26.2 Å². The average Bonchev–Trinajstić information content (AvgIpc) is 3.05. The summed E-state index contributed by atoms with van der Waals surface area (Å²) in [5, 5.41) is 13.9. The molecule has 5 aromatic rings. The number of nitrogens with zero attached hydrogens (tertiary/aromatic N) is 2. The monoisotopic (exact) mass is 683 g/mol. The van der Waals surface area contributed by atoms with Crippen LogP contribution in [0.3, 0.4) is 0 Å². The van der Waals surface area contributed by atoms with E-state index in [1.807, 2.05) is 57.2 Å². The third-order valence-corrected chi connectivity index (χ3v) is 8.13. The molecular formula is C36H37N5O7S. The molecule has 2 amide bonds. The van der Waals surface area contributed by atoms with Crippen LogP contribution >= 0.6 is 0 Å². The molecule has 1 heterocycles. The number of urea groups is 1. The number of carbonyl (C=O) groups excluding carboxylic acids is 1. The number of carbonyl (C=O) groups is 2. The molecule has 4 aromatic carbocycles. The van der Waals surface area contributed by atoms with Gasteiger partial charge in [-0.15, -0.1) is 0 Å². The molecule has 0 saturated heterocycles.